The average molecular weight is 219 g/mol. The normalized spacial score (nSPS) is 12.6. The number of hydrogen-bond acceptors (Lipinski definition) is 4. The molecule has 2 rings (SSSR count). The van der Waals surface area contributed by atoms with E-state index in [9.17, 15) is 0 Å². The molecule has 0 saturated carbocycles. The molecule has 2 heterocycles. The van der Waals surface area contributed by atoms with E-state index in [1.165, 1.54) is 10.4 Å². The second-order valence-electron chi connectivity index (χ2n) is 3.29. The Balaban J connectivity index is 2.12. The smallest absolute Gasteiger partial charge is 0.0794 e. The van der Waals surface area contributed by atoms with Crippen LogP contribution in [0.3, 0.4) is 0 Å². The maximum atomic E-state index is 4.08. The van der Waals surface area contributed by atoms with Gasteiger partial charge in [-0.15, -0.1) is 11.3 Å². The minimum absolute atomic E-state index is 0.341. The Morgan fingerprint density at radius 3 is 2.73 bits per heavy atom. The van der Waals surface area contributed by atoms with E-state index in [1.54, 1.807) is 11.3 Å². The van der Waals surface area contributed by atoms with Gasteiger partial charge in [-0.25, -0.2) is 0 Å². The lowest BCUT2D eigenvalue weighted by Gasteiger charge is -2.14. The van der Waals surface area contributed by atoms with Crippen molar-refractivity contribution in [1.82, 2.24) is 15.3 Å². The molecule has 0 aliphatic carbocycles. The summed E-state index contributed by atoms with van der Waals surface area (Å²) < 4.78 is 0. The van der Waals surface area contributed by atoms with E-state index in [1.807, 2.05) is 43.3 Å². The van der Waals surface area contributed by atoms with Crippen LogP contribution in [0, 0.1) is 0 Å². The number of rotatable bonds is 4. The maximum absolute atomic E-state index is 4.08. The van der Waals surface area contributed by atoms with Gasteiger partial charge in [-0.2, -0.15) is 0 Å². The lowest BCUT2D eigenvalue weighted by molar-refractivity contribution is 0.595. The first-order valence-electron chi connectivity index (χ1n) is 4.84. The van der Waals surface area contributed by atoms with Crippen molar-refractivity contribution < 1.29 is 0 Å². The Morgan fingerprint density at radius 2 is 2.13 bits per heavy atom. The summed E-state index contributed by atoms with van der Waals surface area (Å²) in [5, 5.41) is 3.31. The molecular formula is C11H13N3S. The summed E-state index contributed by atoms with van der Waals surface area (Å²) in [4.78, 5) is 9.40. The second kappa shape index (κ2) is 5.00. The van der Waals surface area contributed by atoms with Crippen LogP contribution in [0.5, 0.6) is 0 Å². The van der Waals surface area contributed by atoms with E-state index in [0.29, 0.717) is 6.04 Å². The average Bonchev–Trinajstić information content (AvgIpc) is 2.80. The Hall–Kier alpha value is -1.26. The highest BCUT2D eigenvalue weighted by Crippen LogP contribution is 2.19. The molecule has 1 unspecified atom stereocenters. The van der Waals surface area contributed by atoms with Crippen molar-refractivity contribution in [3.05, 3.63) is 46.7 Å². The molecule has 4 heteroatoms. The van der Waals surface area contributed by atoms with E-state index < -0.39 is 0 Å². The number of hydrogen-bond donors (Lipinski definition) is 1. The fraction of sp³-hybridized carbons (Fsp3) is 0.273. The topological polar surface area (TPSA) is 37.8 Å². The minimum Gasteiger partial charge on any atom is -0.313 e. The Labute approximate surface area is 93.2 Å². The first kappa shape index (κ1) is 10.3. The molecule has 0 radical (unpaired) electrons. The van der Waals surface area contributed by atoms with E-state index in [-0.39, 0.29) is 0 Å². The molecule has 2 aromatic heterocycles. The molecule has 0 saturated heterocycles. The van der Waals surface area contributed by atoms with Gasteiger partial charge in [0.25, 0.3) is 0 Å². The molecule has 15 heavy (non-hydrogen) atoms. The van der Waals surface area contributed by atoms with Gasteiger partial charge >= 0.3 is 0 Å². The van der Waals surface area contributed by atoms with Gasteiger partial charge in [-0.05, 0) is 24.7 Å². The van der Waals surface area contributed by atoms with Crippen LogP contribution in [-0.2, 0) is 6.42 Å². The summed E-state index contributed by atoms with van der Waals surface area (Å²) in [5.74, 6) is 0. The number of nitrogens with zero attached hydrogens (tertiary/aromatic N) is 2. The van der Waals surface area contributed by atoms with Crippen LogP contribution in [0.1, 0.15) is 16.5 Å². The van der Waals surface area contributed by atoms with Crippen LogP contribution in [0.2, 0.25) is 0 Å². The number of pyridine rings is 1. The van der Waals surface area contributed by atoms with E-state index in [2.05, 4.69) is 15.3 Å². The summed E-state index contributed by atoms with van der Waals surface area (Å²) >= 11 is 1.69. The van der Waals surface area contributed by atoms with Crippen molar-refractivity contribution in [1.29, 1.82) is 0 Å². The van der Waals surface area contributed by atoms with Gasteiger partial charge in [0.05, 0.1) is 5.51 Å². The quantitative estimate of drug-likeness (QED) is 0.855. The molecule has 0 amide bonds. The summed E-state index contributed by atoms with van der Waals surface area (Å²) in [6.45, 7) is 0. The SMILES string of the molecule is CNC(Cc1cncs1)c1ccncc1. The van der Waals surface area contributed by atoms with Gasteiger partial charge in [0.2, 0.25) is 0 Å². The molecule has 78 valence electrons. The first-order chi connectivity index (χ1) is 7.40. The van der Waals surface area contributed by atoms with Crippen LogP contribution >= 0.6 is 11.3 Å². The fourth-order valence-electron chi connectivity index (χ4n) is 1.53. The van der Waals surface area contributed by atoms with Crippen molar-refractivity contribution in [2.75, 3.05) is 7.05 Å². The zero-order chi connectivity index (χ0) is 10.5. The molecule has 0 bridgehead atoms. The van der Waals surface area contributed by atoms with Crippen molar-refractivity contribution in [3.8, 4) is 0 Å². The van der Waals surface area contributed by atoms with Gasteiger partial charge in [0.1, 0.15) is 0 Å². The number of thiazole rings is 1. The lowest BCUT2D eigenvalue weighted by atomic mass is 10.1. The van der Waals surface area contributed by atoms with Crippen LogP contribution in [-0.4, -0.2) is 17.0 Å². The summed E-state index contributed by atoms with van der Waals surface area (Å²) in [6.07, 6.45) is 6.56. The number of aromatic nitrogens is 2. The van der Waals surface area contributed by atoms with Crippen LogP contribution in [0.4, 0.5) is 0 Å². The summed E-state index contributed by atoms with van der Waals surface area (Å²) in [6, 6.07) is 4.43. The fourth-order valence-corrected chi connectivity index (χ4v) is 2.17. The molecular weight excluding hydrogens is 206 g/mol. The van der Waals surface area contributed by atoms with E-state index >= 15 is 0 Å². The molecule has 0 aliphatic heterocycles. The largest absolute Gasteiger partial charge is 0.313 e. The third kappa shape index (κ3) is 2.61. The molecule has 0 fully saturated rings. The second-order valence-corrected chi connectivity index (χ2v) is 4.26. The minimum atomic E-state index is 0.341. The van der Waals surface area contributed by atoms with Gasteiger partial charge in [0.15, 0.2) is 0 Å². The standard InChI is InChI=1S/C11H13N3S/c1-12-11(6-10-7-14-8-15-10)9-2-4-13-5-3-9/h2-5,7-8,11-12H,6H2,1H3. The van der Waals surface area contributed by atoms with Crippen molar-refractivity contribution in [3.63, 3.8) is 0 Å². The van der Waals surface area contributed by atoms with Crippen molar-refractivity contribution >= 4 is 11.3 Å². The molecule has 0 spiro atoms. The monoisotopic (exact) mass is 219 g/mol. The van der Waals surface area contributed by atoms with Crippen molar-refractivity contribution in [2.45, 2.75) is 12.5 Å². The first-order valence-corrected chi connectivity index (χ1v) is 5.72. The summed E-state index contributed by atoms with van der Waals surface area (Å²) in [7, 11) is 1.98. The highest BCUT2D eigenvalue weighted by atomic mass is 32.1. The predicted molar refractivity (Wildman–Crippen MR) is 61.9 cm³/mol. The Morgan fingerprint density at radius 1 is 1.33 bits per heavy atom. The van der Waals surface area contributed by atoms with Gasteiger partial charge in [-0.3, -0.25) is 9.97 Å². The van der Waals surface area contributed by atoms with E-state index in [0.717, 1.165) is 6.42 Å². The lowest BCUT2D eigenvalue weighted by Crippen LogP contribution is -2.18. The molecule has 2 aromatic rings. The molecule has 3 nitrogen and oxygen atoms in total. The highest BCUT2D eigenvalue weighted by molar-refractivity contribution is 7.09. The van der Waals surface area contributed by atoms with Crippen LogP contribution < -0.4 is 5.32 Å². The molecule has 1 atom stereocenters. The van der Waals surface area contributed by atoms with Gasteiger partial charge < -0.3 is 5.32 Å². The van der Waals surface area contributed by atoms with Crippen LogP contribution in [0.15, 0.2) is 36.2 Å². The van der Waals surface area contributed by atoms with Crippen LogP contribution in [0.25, 0.3) is 0 Å². The summed E-state index contributed by atoms with van der Waals surface area (Å²) in [5.41, 5.74) is 3.13. The Bertz CT molecular complexity index is 385. The number of nitrogens with one attached hydrogen (secondary N) is 1. The maximum Gasteiger partial charge on any atom is 0.0794 e. The number of likely N-dealkylation sites (N-methyl/N-ethyl adjacent to an activating group) is 1. The third-order valence-corrected chi connectivity index (χ3v) is 3.15. The third-order valence-electron chi connectivity index (χ3n) is 2.35. The molecule has 0 aromatic carbocycles. The Kier molecular flexibility index (Phi) is 3.42. The zero-order valence-electron chi connectivity index (χ0n) is 8.55. The molecule has 0 aliphatic rings. The van der Waals surface area contributed by atoms with Gasteiger partial charge in [0, 0.05) is 35.9 Å². The highest BCUT2D eigenvalue weighted by Gasteiger charge is 2.10. The van der Waals surface area contributed by atoms with Gasteiger partial charge in [-0.1, -0.05) is 0 Å². The van der Waals surface area contributed by atoms with E-state index in [4.69, 9.17) is 0 Å². The molecule has 1 N–H and O–H groups in total. The predicted octanol–water partition coefficient (Wildman–Crippen LogP) is 2.04. The zero-order valence-corrected chi connectivity index (χ0v) is 9.37. The van der Waals surface area contributed by atoms with Crippen molar-refractivity contribution in [2.24, 2.45) is 0 Å².